The Morgan fingerprint density at radius 3 is 2.38 bits per heavy atom. The number of nitrogens with zero attached hydrogens (tertiary/aromatic N) is 2. The molecule has 8 heteroatoms. The molecule has 0 spiro atoms. The minimum Gasteiger partial charge on any atom is -0.507 e. The second-order valence-electron chi connectivity index (χ2n) is 8.23. The number of aliphatic hydroxyl groups is 1. The largest absolute Gasteiger partial charge is 0.507 e. The van der Waals surface area contributed by atoms with Gasteiger partial charge >= 0.3 is 0 Å². The van der Waals surface area contributed by atoms with Crippen molar-refractivity contribution < 1.29 is 24.2 Å². The zero-order valence-corrected chi connectivity index (χ0v) is 20.8. The molecule has 1 heterocycles. The monoisotopic (exact) mass is 486 g/mol. The zero-order valence-electron chi connectivity index (χ0n) is 20.0. The number of carbonyl (C=O) groups is 2. The predicted molar refractivity (Wildman–Crippen MR) is 132 cm³/mol. The van der Waals surface area contributed by atoms with Gasteiger partial charge in [-0.25, -0.2) is 0 Å². The van der Waals surface area contributed by atoms with Crippen LogP contribution in [0.2, 0.25) is 5.02 Å². The van der Waals surface area contributed by atoms with Gasteiger partial charge in [-0.15, -0.1) is 0 Å². The number of Topliss-reactive ketones (excluding diaryl/α,β-unsaturated/α-hetero) is 1. The number of aliphatic hydroxyl groups excluding tert-OH is 1. The molecule has 0 bridgehead atoms. The molecule has 2 aromatic carbocycles. The molecule has 1 aliphatic rings. The van der Waals surface area contributed by atoms with Gasteiger partial charge < -0.3 is 24.4 Å². The van der Waals surface area contributed by atoms with E-state index >= 15 is 0 Å². The highest BCUT2D eigenvalue weighted by molar-refractivity contribution is 6.47. The fourth-order valence-corrected chi connectivity index (χ4v) is 4.25. The van der Waals surface area contributed by atoms with Crippen molar-refractivity contribution in [3.63, 3.8) is 0 Å². The molecular formula is C26H31ClN2O5. The molecule has 1 fully saturated rings. The summed E-state index contributed by atoms with van der Waals surface area (Å²) in [6.45, 7) is 5.74. The lowest BCUT2D eigenvalue weighted by molar-refractivity contribution is -0.139. The third-order valence-electron chi connectivity index (χ3n) is 5.53. The van der Waals surface area contributed by atoms with Gasteiger partial charge in [0, 0.05) is 12.1 Å². The van der Waals surface area contributed by atoms with Crippen molar-refractivity contribution in [1.29, 1.82) is 0 Å². The van der Waals surface area contributed by atoms with Crippen LogP contribution in [0.1, 0.15) is 37.4 Å². The molecule has 7 nitrogen and oxygen atoms in total. The van der Waals surface area contributed by atoms with Crippen LogP contribution >= 0.6 is 11.6 Å². The average Bonchev–Trinajstić information content (AvgIpc) is 3.05. The van der Waals surface area contributed by atoms with Gasteiger partial charge in [0.1, 0.15) is 17.3 Å². The number of amides is 1. The summed E-state index contributed by atoms with van der Waals surface area (Å²) in [6.07, 6.45) is 0.669. The summed E-state index contributed by atoms with van der Waals surface area (Å²) in [5.74, 6) is -0.595. The molecule has 0 aromatic heterocycles. The maximum absolute atomic E-state index is 13.2. The quantitative estimate of drug-likeness (QED) is 0.302. The van der Waals surface area contributed by atoms with Gasteiger partial charge in [-0.2, -0.15) is 0 Å². The standard InChI is InChI=1S/C26H31ClN2O5/c1-5-33-18-10-7-9-17(15-18)23-22(25(31)26(32)29(23)14-8-13-28(3)4)24(30)20-16-19(34-6-2)11-12-21(20)27/h7,9-12,15-16,23,30H,5-6,8,13-14H2,1-4H3/b24-22+. The van der Waals surface area contributed by atoms with Crippen LogP contribution in [0, 0.1) is 0 Å². The fourth-order valence-electron chi connectivity index (χ4n) is 4.04. The summed E-state index contributed by atoms with van der Waals surface area (Å²) >= 11 is 6.38. The summed E-state index contributed by atoms with van der Waals surface area (Å²) in [4.78, 5) is 29.9. The van der Waals surface area contributed by atoms with E-state index in [0.717, 1.165) is 6.54 Å². The van der Waals surface area contributed by atoms with Gasteiger partial charge in [0.05, 0.1) is 29.9 Å². The molecule has 34 heavy (non-hydrogen) atoms. The summed E-state index contributed by atoms with van der Waals surface area (Å²) in [5, 5.41) is 11.6. The lowest BCUT2D eigenvalue weighted by atomic mass is 9.95. The van der Waals surface area contributed by atoms with Crippen LogP contribution in [0.5, 0.6) is 11.5 Å². The third-order valence-corrected chi connectivity index (χ3v) is 5.86. The van der Waals surface area contributed by atoms with Gasteiger partial charge in [-0.1, -0.05) is 23.7 Å². The summed E-state index contributed by atoms with van der Waals surface area (Å²) in [6, 6.07) is 11.3. The van der Waals surface area contributed by atoms with Crippen molar-refractivity contribution in [3.8, 4) is 11.5 Å². The highest BCUT2D eigenvalue weighted by Crippen LogP contribution is 2.41. The van der Waals surface area contributed by atoms with Crippen molar-refractivity contribution in [2.75, 3.05) is 40.4 Å². The first-order valence-electron chi connectivity index (χ1n) is 11.4. The zero-order chi connectivity index (χ0) is 24.8. The van der Waals surface area contributed by atoms with E-state index in [4.69, 9.17) is 21.1 Å². The van der Waals surface area contributed by atoms with E-state index in [1.54, 1.807) is 24.3 Å². The second kappa shape index (κ2) is 11.4. The molecule has 1 aliphatic heterocycles. The van der Waals surface area contributed by atoms with Crippen LogP contribution in [0.15, 0.2) is 48.0 Å². The Balaban J connectivity index is 2.15. The Bertz CT molecular complexity index is 1080. The number of likely N-dealkylation sites (tertiary alicyclic amines) is 1. The van der Waals surface area contributed by atoms with Crippen LogP contribution in [0.3, 0.4) is 0 Å². The SMILES string of the molecule is CCOc1cccc(C2/C(=C(\O)c3cc(OCC)ccc3Cl)C(=O)C(=O)N2CCCN(C)C)c1. The smallest absolute Gasteiger partial charge is 0.295 e. The van der Waals surface area contributed by atoms with Gasteiger partial charge in [0.2, 0.25) is 0 Å². The van der Waals surface area contributed by atoms with Crippen molar-refractivity contribution >= 4 is 29.1 Å². The molecule has 3 rings (SSSR count). The van der Waals surface area contributed by atoms with Crippen LogP contribution in [0.4, 0.5) is 0 Å². The molecule has 1 N–H and O–H groups in total. The van der Waals surface area contributed by atoms with Crippen LogP contribution in [-0.4, -0.2) is 67.0 Å². The third kappa shape index (κ3) is 5.54. The lowest BCUT2D eigenvalue weighted by Crippen LogP contribution is -2.32. The Hall–Kier alpha value is -3.03. The minimum atomic E-state index is -0.769. The van der Waals surface area contributed by atoms with E-state index in [2.05, 4.69) is 0 Å². The Kier molecular flexibility index (Phi) is 8.58. The van der Waals surface area contributed by atoms with E-state index in [-0.39, 0.29) is 21.9 Å². The van der Waals surface area contributed by atoms with Crippen LogP contribution < -0.4 is 9.47 Å². The Labute approximate surface area is 205 Å². The number of ether oxygens (including phenoxy) is 2. The molecule has 0 saturated carbocycles. The second-order valence-corrected chi connectivity index (χ2v) is 8.64. The Morgan fingerprint density at radius 2 is 1.74 bits per heavy atom. The van der Waals surface area contributed by atoms with Crippen LogP contribution in [0.25, 0.3) is 5.76 Å². The molecule has 0 aliphatic carbocycles. The summed E-state index contributed by atoms with van der Waals surface area (Å²) in [7, 11) is 3.90. The van der Waals surface area contributed by atoms with Crippen molar-refractivity contribution in [2.24, 2.45) is 0 Å². The van der Waals surface area contributed by atoms with Crippen molar-refractivity contribution in [3.05, 3.63) is 64.2 Å². The maximum Gasteiger partial charge on any atom is 0.295 e. The van der Waals surface area contributed by atoms with E-state index in [1.165, 1.54) is 4.90 Å². The number of hydrogen-bond acceptors (Lipinski definition) is 6. The van der Waals surface area contributed by atoms with Gasteiger partial charge in [0.25, 0.3) is 11.7 Å². The number of halogens is 1. The normalized spacial score (nSPS) is 17.5. The van der Waals surface area contributed by atoms with E-state index in [0.29, 0.717) is 43.2 Å². The molecule has 0 radical (unpaired) electrons. The van der Waals surface area contributed by atoms with Gasteiger partial charge in [-0.3, -0.25) is 9.59 Å². The predicted octanol–water partition coefficient (Wildman–Crippen LogP) is 4.51. The van der Waals surface area contributed by atoms with Crippen molar-refractivity contribution in [2.45, 2.75) is 26.3 Å². The van der Waals surface area contributed by atoms with Crippen molar-refractivity contribution in [1.82, 2.24) is 9.80 Å². The van der Waals surface area contributed by atoms with E-state index < -0.39 is 17.7 Å². The highest BCUT2D eigenvalue weighted by Gasteiger charge is 2.46. The molecule has 182 valence electrons. The van der Waals surface area contributed by atoms with Crippen LogP contribution in [-0.2, 0) is 9.59 Å². The molecule has 1 atom stereocenters. The van der Waals surface area contributed by atoms with Gasteiger partial charge in [0.15, 0.2) is 0 Å². The number of benzene rings is 2. The maximum atomic E-state index is 13.2. The fraction of sp³-hybridized carbons (Fsp3) is 0.385. The molecule has 1 unspecified atom stereocenters. The highest BCUT2D eigenvalue weighted by atomic mass is 35.5. The van der Waals surface area contributed by atoms with E-state index in [1.807, 2.05) is 51.0 Å². The molecule has 1 amide bonds. The number of carbonyl (C=O) groups excluding carboxylic acids is 2. The minimum absolute atomic E-state index is 0.000880. The van der Waals surface area contributed by atoms with Gasteiger partial charge in [-0.05, 0) is 76.8 Å². The number of rotatable bonds is 10. The number of hydrogen-bond donors (Lipinski definition) is 1. The first-order valence-corrected chi connectivity index (χ1v) is 11.7. The first-order chi connectivity index (χ1) is 16.3. The Morgan fingerprint density at radius 1 is 1.06 bits per heavy atom. The lowest BCUT2D eigenvalue weighted by Gasteiger charge is -2.26. The molecule has 2 aromatic rings. The topological polar surface area (TPSA) is 79.3 Å². The first kappa shape index (κ1) is 25.6. The summed E-state index contributed by atoms with van der Waals surface area (Å²) in [5.41, 5.74) is 0.914. The molecular weight excluding hydrogens is 456 g/mol. The average molecular weight is 487 g/mol. The summed E-state index contributed by atoms with van der Waals surface area (Å²) < 4.78 is 11.2. The number of ketones is 1. The molecule has 1 saturated heterocycles. The van der Waals surface area contributed by atoms with E-state index in [9.17, 15) is 14.7 Å².